The largest absolute Gasteiger partial charge is 0.266 e. The van der Waals surface area contributed by atoms with Crippen LogP contribution in [0.2, 0.25) is 0 Å². The first-order valence-electron chi connectivity index (χ1n) is 7.68. The van der Waals surface area contributed by atoms with E-state index in [1.807, 2.05) is 0 Å². The summed E-state index contributed by atoms with van der Waals surface area (Å²) in [6.07, 6.45) is 2.04. The van der Waals surface area contributed by atoms with Crippen LogP contribution in [0.15, 0.2) is 18.2 Å². The number of rotatable bonds is 4. The van der Waals surface area contributed by atoms with Gasteiger partial charge in [0.15, 0.2) is 0 Å². The van der Waals surface area contributed by atoms with E-state index < -0.39 is 0 Å². The van der Waals surface area contributed by atoms with Gasteiger partial charge in [0.25, 0.3) is 0 Å². The van der Waals surface area contributed by atoms with Gasteiger partial charge >= 0.3 is 0 Å². The van der Waals surface area contributed by atoms with Crippen molar-refractivity contribution in [3.8, 4) is 11.1 Å². The third-order valence-corrected chi connectivity index (χ3v) is 4.04. The molecule has 0 aliphatic heterocycles. The molecule has 0 aliphatic carbocycles. The van der Waals surface area contributed by atoms with Gasteiger partial charge in [-0.1, -0.05) is 32.0 Å². The molecule has 0 N–H and O–H groups in total. The highest BCUT2D eigenvalue weighted by molar-refractivity contribution is 5.75. The molecule has 108 valence electrons. The number of hydrogen-bond acceptors (Lipinski definition) is 1. The number of nitrogens with zero attached hydrogens (tertiary/aromatic N) is 2. The second-order valence-electron chi connectivity index (χ2n) is 5.76. The average molecular weight is 270 g/mol. The molecule has 1 aromatic heterocycles. The molecule has 0 radical (unpaired) electrons. The molecule has 2 heteroatoms. The van der Waals surface area contributed by atoms with E-state index in [2.05, 4.69) is 64.4 Å². The minimum absolute atomic E-state index is 0.406. The van der Waals surface area contributed by atoms with E-state index in [9.17, 15) is 0 Å². The molecule has 20 heavy (non-hydrogen) atoms. The molecule has 0 saturated heterocycles. The van der Waals surface area contributed by atoms with Crippen molar-refractivity contribution >= 4 is 0 Å². The Morgan fingerprint density at radius 1 is 1.05 bits per heavy atom. The van der Waals surface area contributed by atoms with E-state index in [0.717, 1.165) is 12.8 Å². The summed E-state index contributed by atoms with van der Waals surface area (Å²) in [6, 6.07) is 7.02. The van der Waals surface area contributed by atoms with Crippen LogP contribution in [0.1, 0.15) is 56.3 Å². The van der Waals surface area contributed by atoms with Gasteiger partial charge in [0.05, 0.1) is 5.69 Å². The first kappa shape index (κ1) is 14.8. The van der Waals surface area contributed by atoms with Crippen LogP contribution in [-0.4, -0.2) is 9.78 Å². The van der Waals surface area contributed by atoms with Gasteiger partial charge in [0, 0.05) is 17.3 Å². The lowest BCUT2D eigenvalue weighted by Gasteiger charge is -2.14. The summed E-state index contributed by atoms with van der Waals surface area (Å²) in [5.74, 6) is 0. The molecular weight excluding hydrogens is 244 g/mol. The number of hydrogen-bond donors (Lipinski definition) is 0. The second kappa shape index (κ2) is 5.82. The summed E-state index contributed by atoms with van der Waals surface area (Å²) in [7, 11) is 0. The van der Waals surface area contributed by atoms with Gasteiger partial charge in [-0.2, -0.15) is 5.10 Å². The highest BCUT2D eigenvalue weighted by Gasteiger charge is 2.19. The number of benzene rings is 1. The molecule has 0 amide bonds. The molecule has 2 nitrogen and oxygen atoms in total. The molecule has 0 atom stereocenters. The molecule has 1 aromatic carbocycles. The summed E-state index contributed by atoms with van der Waals surface area (Å²) in [4.78, 5) is 0. The molecule has 0 saturated carbocycles. The van der Waals surface area contributed by atoms with Crippen LogP contribution in [0.4, 0.5) is 0 Å². The smallest absolute Gasteiger partial charge is 0.0703 e. The van der Waals surface area contributed by atoms with Gasteiger partial charge in [-0.3, -0.25) is 4.68 Å². The summed E-state index contributed by atoms with van der Waals surface area (Å²) >= 11 is 0. The van der Waals surface area contributed by atoms with Crippen molar-refractivity contribution in [2.24, 2.45) is 0 Å². The Kier molecular flexibility index (Phi) is 4.32. The first-order valence-corrected chi connectivity index (χ1v) is 7.68. The van der Waals surface area contributed by atoms with Crippen LogP contribution >= 0.6 is 0 Å². The van der Waals surface area contributed by atoms with Crippen LogP contribution in [-0.2, 0) is 12.8 Å². The van der Waals surface area contributed by atoms with Crippen LogP contribution in [0.3, 0.4) is 0 Å². The second-order valence-corrected chi connectivity index (χ2v) is 5.76. The maximum atomic E-state index is 4.84. The fraction of sp³-hybridized carbons (Fsp3) is 0.500. The molecular formula is C18H26N2. The van der Waals surface area contributed by atoms with E-state index in [1.54, 1.807) is 0 Å². The van der Waals surface area contributed by atoms with Crippen molar-refractivity contribution in [2.45, 2.75) is 60.4 Å². The zero-order valence-electron chi connectivity index (χ0n) is 13.6. The van der Waals surface area contributed by atoms with E-state index in [1.165, 1.54) is 33.6 Å². The third kappa shape index (κ3) is 2.39. The molecule has 1 heterocycles. The Hall–Kier alpha value is -1.57. The van der Waals surface area contributed by atoms with Crippen molar-refractivity contribution < 1.29 is 0 Å². The van der Waals surface area contributed by atoms with E-state index in [-0.39, 0.29) is 0 Å². The number of aromatic nitrogens is 2. The highest BCUT2D eigenvalue weighted by atomic mass is 15.3. The lowest BCUT2D eigenvalue weighted by Crippen LogP contribution is -2.05. The maximum absolute atomic E-state index is 4.84. The van der Waals surface area contributed by atoms with Gasteiger partial charge in [-0.15, -0.1) is 0 Å². The summed E-state index contributed by atoms with van der Waals surface area (Å²) in [5.41, 5.74) is 8.05. The SMILES string of the molecule is CCc1cccc(C)c1-c1c(CC)nn(C(C)C)c1C. The monoisotopic (exact) mass is 270 g/mol. The molecule has 0 spiro atoms. The summed E-state index contributed by atoms with van der Waals surface area (Å²) < 4.78 is 2.17. The highest BCUT2D eigenvalue weighted by Crippen LogP contribution is 2.34. The molecule has 0 bridgehead atoms. The van der Waals surface area contributed by atoms with Gasteiger partial charge in [0.2, 0.25) is 0 Å². The Morgan fingerprint density at radius 3 is 2.30 bits per heavy atom. The van der Waals surface area contributed by atoms with Crippen molar-refractivity contribution in [2.75, 3.05) is 0 Å². The van der Waals surface area contributed by atoms with Crippen molar-refractivity contribution in [1.29, 1.82) is 0 Å². The molecule has 0 unspecified atom stereocenters. The van der Waals surface area contributed by atoms with E-state index in [4.69, 9.17) is 5.10 Å². The minimum atomic E-state index is 0.406. The van der Waals surface area contributed by atoms with Gasteiger partial charge in [-0.05, 0) is 57.2 Å². The molecule has 0 fully saturated rings. The van der Waals surface area contributed by atoms with E-state index >= 15 is 0 Å². The topological polar surface area (TPSA) is 17.8 Å². The zero-order chi connectivity index (χ0) is 14.9. The summed E-state index contributed by atoms with van der Waals surface area (Å²) in [6.45, 7) is 13.2. The van der Waals surface area contributed by atoms with Crippen LogP contribution in [0.5, 0.6) is 0 Å². The maximum Gasteiger partial charge on any atom is 0.0703 e. The van der Waals surface area contributed by atoms with Crippen molar-refractivity contribution in [3.05, 3.63) is 40.7 Å². The standard InChI is InChI=1S/C18H26N2/c1-7-15-11-9-10-13(5)17(15)18-14(6)20(12(3)4)19-16(18)8-2/h9-12H,7-8H2,1-6H3. The summed E-state index contributed by atoms with van der Waals surface area (Å²) in [5, 5.41) is 4.84. The number of aryl methyl sites for hydroxylation is 3. The Balaban J connectivity index is 2.76. The Labute approximate surface area is 122 Å². The van der Waals surface area contributed by atoms with Gasteiger partial charge in [0.1, 0.15) is 0 Å². The third-order valence-electron chi connectivity index (χ3n) is 4.04. The van der Waals surface area contributed by atoms with Crippen LogP contribution in [0, 0.1) is 13.8 Å². The van der Waals surface area contributed by atoms with Crippen LogP contribution in [0.25, 0.3) is 11.1 Å². The van der Waals surface area contributed by atoms with Crippen molar-refractivity contribution in [1.82, 2.24) is 9.78 Å². The van der Waals surface area contributed by atoms with E-state index in [0.29, 0.717) is 6.04 Å². The Morgan fingerprint density at radius 2 is 1.75 bits per heavy atom. The van der Waals surface area contributed by atoms with Gasteiger partial charge in [-0.25, -0.2) is 0 Å². The minimum Gasteiger partial charge on any atom is -0.266 e. The predicted octanol–water partition coefficient (Wildman–Crippen LogP) is 4.87. The fourth-order valence-corrected chi connectivity index (χ4v) is 3.03. The lowest BCUT2D eigenvalue weighted by molar-refractivity contribution is 0.514. The fourth-order valence-electron chi connectivity index (χ4n) is 3.03. The molecule has 2 aromatic rings. The quantitative estimate of drug-likeness (QED) is 0.774. The average Bonchev–Trinajstić information content (AvgIpc) is 2.75. The molecule has 0 aliphatic rings. The zero-order valence-corrected chi connectivity index (χ0v) is 13.6. The van der Waals surface area contributed by atoms with Crippen LogP contribution < -0.4 is 0 Å². The Bertz CT molecular complexity index is 606. The normalized spacial score (nSPS) is 11.3. The van der Waals surface area contributed by atoms with Gasteiger partial charge < -0.3 is 0 Å². The lowest BCUT2D eigenvalue weighted by atomic mass is 9.91. The predicted molar refractivity (Wildman–Crippen MR) is 86.3 cm³/mol. The molecule has 2 rings (SSSR count). The first-order chi connectivity index (χ1) is 9.51. The van der Waals surface area contributed by atoms with Crippen molar-refractivity contribution in [3.63, 3.8) is 0 Å².